The molecule has 3 amide bonds. The number of fused-ring (bicyclic) bond motifs is 1. The minimum absolute atomic E-state index is 0.0131. The van der Waals surface area contributed by atoms with Gasteiger partial charge >= 0.3 is 0 Å². The van der Waals surface area contributed by atoms with E-state index < -0.39 is 16.7 Å². The summed E-state index contributed by atoms with van der Waals surface area (Å²) in [5.74, 6) is -1.15. The lowest BCUT2D eigenvalue weighted by atomic mass is 10.2. The summed E-state index contributed by atoms with van der Waals surface area (Å²) in [6.07, 6.45) is 0.113. The lowest BCUT2D eigenvalue weighted by Gasteiger charge is -2.21. The minimum atomic E-state index is -0.719. The van der Waals surface area contributed by atoms with E-state index in [2.05, 4.69) is 10.9 Å². The number of rotatable bonds is 4. The molecule has 2 aromatic carbocycles. The van der Waals surface area contributed by atoms with E-state index in [-0.39, 0.29) is 36.7 Å². The highest BCUT2D eigenvalue weighted by molar-refractivity contribution is 6.01. The lowest BCUT2D eigenvalue weighted by Crippen LogP contribution is -2.47. The van der Waals surface area contributed by atoms with Crippen molar-refractivity contribution >= 4 is 29.1 Å². The van der Waals surface area contributed by atoms with Crippen molar-refractivity contribution in [1.29, 1.82) is 0 Å². The smallest absolute Gasteiger partial charge is 0.270 e. The SMILES string of the molecule is O=C(CN1C(=O)CCOc2ccccc21)NNC(=O)c1cccc([N+](=O)[O-])c1. The number of carbonyl (C=O) groups excluding carboxylic acids is 3. The Bertz CT molecular complexity index is 945. The number of benzene rings is 2. The molecule has 0 fully saturated rings. The van der Waals surface area contributed by atoms with Gasteiger partial charge in [0, 0.05) is 17.7 Å². The average molecular weight is 384 g/mol. The van der Waals surface area contributed by atoms with Crippen molar-refractivity contribution in [3.63, 3.8) is 0 Å². The van der Waals surface area contributed by atoms with Crippen LogP contribution in [0, 0.1) is 10.1 Å². The van der Waals surface area contributed by atoms with E-state index in [9.17, 15) is 24.5 Å². The highest BCUT2D eigenvalue weighted by Crippen LogP contribution is 2.30. The number of hydrogen-bond donors (Lipinski definition) is 2. The number of nitrogens with one attached hydrogen (secondary N) is 2. The summed E-state index contributed by atoms with van der Waals surface area (Å²) in [5, 5.41) is 10.8. The fourth-order valence-electron chi connectivity index (χ4n) is 2.64. The monoisotopic (exact) mass is 384 g/mol. The van der Waals surface area contributed by atoms with Crippen LogP contribution < -0.4 is 20.5 Å². The van der Waals surface area contributed by atoms with Crippen LogP contribution in [0.5, 0.6) is 5.75 Å². The van der Waals surface area contributed by atoms with Gasteiger partial charge in [0.05, 0.1) is 23.6 Å². The molecule has 0 aliphatic carbocycles. The molecule has 0 atom stereocenters. The van der Waals surface area contributed by atoms with Gasteiger partial charge in [-0.3, -0.25) is 40.2 Å². The van der Waals surface area contributed by atoms with Crippen molar-refractivity contribution in [1.82, 2.24) is 10.9 Å². The first-order valence-corrected chi connectivity index (χ1v) is 8.31. The van der Waals surface area contributed by atoms with Crippen molar-refractivity contribution in [2.45, 2.75) is 6.42 Å². The number of anilines is 1. The van der Waals surface area contributed by atoms with Gasteiger partial charge in [0.1, 0.15) is 12.3 Å². The molecule has 0 saturated heterocycles. The quantitative estimate of drug-likeness (QED) is 0.601. The van der Waals surface area contributed by atoms with Crippen LogP contribution in [-0.4, -0.2) is 35.8 Å². The summed E-state index contributed by atoms with van der Waals surface area (Å²) in [6, 6.07) is 11.9. The summed E-state index contributed by atoms with van der Waals surface area (Å²) in [6.45, 7) is -0.119. The Morgan fingerprint density at radius 3 is 2.71 bits per heavy atom. The Balaban J connectivity index is 1.64. The van der Waals surface area contributed by atoms with E-state index >= 15 is 0 Å². The molecule has 1 aliphatic rings. The van der Waals surface area contributed by atoms with Gasteiger partial charge in [-0.25, -0.2) is 0 Å². The van der Waals surface area contributed by atoms with E-state index in [1.54, 1.807) is 24.3 Å². The normalized spacial score (nSPS) is 13.0. The molecule has 0 unspecified atom stereocenters. The lowest BCUT2D eigenvalue weighted by molar-refractivity contribution is -0.384. The number of nitro benzene ring substituents is 1. The molecule has 10 heteroatoms. The number of hydrogen-bond acceptors (Lipinski definition) is 6. The van der Waals surface area contributed by atoms with Crippen LogP contribution in [-0.2, 0) is 9.59 Å². The van der Waals surface area contributed by atoms with Gasteiger partial charge < -0.3 is 4.74 Å². The molecule has 0 radical (unpaired) electrons. The maximum Gasteiger partial charge on any atom is 0.270 e. The van der Waals surface area contributed by atoms with Gasteiger partial charge in [-0.2, -0.15) is 0 Å². The largest absolute Gasteiger partial charge is 0.491 e. The van der Waals surface area contributed by atoms with E-state index in [0.29, 0.717) is 11.4 Å². The number of nitro groups is 1. The van der Waals surface area contributed by atoms with Crippen molar-refractivity contribution < 1.29 is 24.0 Å². The molecular formula is C18H16N4O6. The second kappa shape index (κ2) is 8.16. The van der Waals surface area contributed by atoms with Crippen LogP contribution in [0.4, 0.5) is 11.4 Å². The molecule has 1 aliphatic heterocycles. The second-order valence-electron chi connectivity index (χ2n) is 5.86. The predicted molar refractivity (Wildman–Crippen MR) is 97.6 cm³/mol. The van der Waals surface area contributed by atoms with Crippen molar-refractivity contribution in [2.75, 3.05) is 18.1 Å². The van der Waals surface area contributed by atoms with Gasteiger partial charge in [-0.15, -0.1) is 0 Å². The Labute approximate surface area is 159 Å². The van der Waals surface area contributed by atoms with Crippen LogP contribution in [0.25, 0.3) is 0 Å². The summed E-state index contributed by atoms with van der Waals surface area (Å²) >= 11 is 0. The highest BCUT2D eigenvalue weighted by Gasteiger charge is 2.25. The zero-order valence-electron chi connectivity index (χ0n) is 14.6. The first-order chi connectivity index (χ1) is 13.5. The fraction of sp³-hybridized carbons (Fsp3) is 0.167. The third-order valence-electron chi connectivity index (χ3n) is 3.97. The number of ether oxygens (including phenoxy) is 1. The van der Waals surface area contributed by atoms with E-state index in [4.69, 9.17) is 4.74 Å². The van der Waals surface area contributed by atoms with E-state index in [1.807, 2.05) is 0 Å². The second-order valence-corrected chi connectivity index (χ2v) is 5.86. The highest BCUT2D eigenvalue weighted by atomic mass is 16.6. The van der Waals surface area contributed by atoms with Crippen LogP contribution in [0.3, 0.4) is 0 Å². The van der Waals surface area contributed by atoms with Crippen LogP contribution in [0.15, 0.2) is 48.5 Å². The number of amides is 3. The number of hydrazine groups is 1. The van der Waals surface area contributed by atoms with Gasteiger partial charge in [0.15, 0.2) is 0 Å². The van der Waals surface area contributed by atoms with Crippen molar-refractivity contribution in [3.05, 3.63) is 64.2 Å². The summed E-state index contributed by atoms with van der Waals surface area (Å²) < 4.78 is 5.50. The van der Waals surface area contributed by atoms with Crippen LogP contribution in [0.1, 0.15) is 16.8 Å². The minimum Gasteiger partial charge on any atom is -0.491 e. The standard InChI is InChI=1S/C18H16N4O6/c23-16(19-20-18(25)12-4-3-5-13(10-12)22(26)27)11-21-14-6-1-2-7-15(14)28-9-8-17(21)24/h1-7,10H,8-9,11H2,(H,19,23)(H,20,25). The van der Waals surface area contributed by atoms with E-state index in [0.717, 1.165) is 6.07 Å². The van der Waals surface area contributed by atoms with Gasteiger partial charge in [-0.1, -0.05) is 18.2 Å². The summed E-state index contributed by atoms with van der Waals surface area (Å²) in [7, 11) is 0. The van der Waals surface area contributed by atoms with E-state index in [1.165, 1.54) is 23.1 Å². The third kappa shape index (κ3) is 4.23. The molecule has 144 valence electrons. The van der Waals surface area contributed by atoms with Crippen molar-refractivity contribution in [3.8, 4) is 5.75 Å². The summed E-state index contributed by atoms with van der Waals surface area (Å²) in [4.78, 5) is 48.0. The molecule has 2 aromatic rings. The molecular weight excluding hydrogens is 368 g/mol. The first kappa shape index (κ1) is 18.8. The molecule has 0 aromatic heterocycles. The zero-order chi connectivity index (χ0) is 20.1. The first-order valence-electron chi connectivity index (χ1n) is 8.31. The van der Waals surface area contributed by atoms with Gasteiger partial charge in [-0.05, 0) is 18.2 Å². The molecule has 0 spiro atoms. The number of nitrogens with zero attached hydrogens (tertiary/aromatic N) is 2. The number of non-ortho nitro benzene ring substituents is 1. The Kier molecular flexibility index (Phi) is 5.49. The maximum absolute atomic E-state index is 12.3. The number of carbonyl (C=O) groups is 3. The Morgan fingerprint density at radius 2 is 1.93 bits per heavy atom. The van der Waals surface area contributed by atoms with Gasteiger partial charge in [0.2, 0.25) is 5.91 Å². The maximum atomic E-state index is 12.3. The zero-order valence-corrected chi connectivity index (χ0v) is 14.6. The number of para-hydroxylation sites is 2. The molecule has 2 N–H and O–H groups in total. The van der Waals surface area contributed by atoms with Gasteiger partial charge in [0.25, 0.3) is 17.5 Å². The molecule has 28 heavy (non-hydrogen) atoms. The average Bonchev–Trinajstić information content (AvgIpc) is 2.85. The summed E-state index contributed by atoms with van der Waals surface area (Å²) in [5.41, 5.74) is 4.62. The molecule has 10 nitrogen and oxygen atoms in total. The Hall–Kier alpha value is -3.95. The van der Waals surface area contributed by atoms with Crippen molar-refractivity contribution in [2.24, 2.45) is 0 Å². The van der Waals surface area contributed by atoms with Crippen LogP contribution >= 0.6 is 0 Å². The Morgan fingerprint density at radius 1 is 1.14 bits per heavy atom. The van der Waals surface area contributed by atoms with Crippen LogP contribution in [0.2, 0.25) is 0 Å². The fourth-order valence-corrected chi connectivity index (χ4v) is 2.64. The molecule has 0 bridgehead atoms. The molecule has 1 heterocycles. The third-order valence-corrected chi connectivity index (χ3v) is 3.97. The predicted octanol–water partition coefficient (Wildman–Crippen LogP) is 1.17. The molecule has 3 rings (SSSR count). The molecule has 0 saturated carbocycles. The topological polar surface area (TPSA) is 131 Å².